The highest BCUT2D eigenvalue weighted by molar-refractivity contribution is 5.36. The van der Waals surface area contributed by atoms with Crippen molar-refractivity contribution in [1.29, 1.82) is 0 Å². The number of hydrogen-bond acceptors (Lipinski definition) is 2. The van der Waals surface area contributed by atoms with Crippen molar-refractivity contribution in [2.75, 3.05) is 6.54 Å². The van der Waals surface area contributed by atoms with Gasteiger partial charge in [0.25, 0.3) is 0 Å². The van der Waals surface area contributed by atoms with Crippen LogP contribution in [0.15, 0.2) is 24.3 Å². The highest BCUT2D eigenvalue weighted by atomic mass is 16.3. The minimum atomic E-state index is -0.621. The van der Waals surface area contributed by atoms with Crippen molar-refractivity contribution in [2.24, 2.45) is 17.1 Å². The number of aliphatic hydroxyl groups is 1. The molecule has 0 heterocycles. The van der Waals surface area contributed by atoms with Crippen LogP contribution in [0.4, 0.5) is 0 Å². The van der Waals surface area contributed by atoms with Gasteiger partial charge in [0.15, 0.2) is 0 Å². The molecule has 0 aromatic heterocycles. The van der Waals surface area contributed by atoms with Crippen LogP contribution in [-0.4, -0.2) is 17.3 Å². The Morgan fingerprint density at radius 1 is 1.15 bits per heavy atom. The van der Waals surface area contributed by atoms with Gasteiger partial charge in [-0.05, 0) is 42.7 Å². The fourth-order valence-corrected chi connectivity index (χ4v) is 4.47. The van der Waals surface area contributed by atoms with E-state index in [4.69, 9.17) is 5.73 Å². The van der Waals surface area contributed by atoms with Crippen molar-refractivity contribution in [2.45, 2.75) is 57.5 Å². The molecular formula is C18H27NO. The Morgan fingerprint density at radius 3 is 2.15 bits per heavy atom. The summed E-state index contributed by atoms with van der Waals surface area (Å²) in [4.78, 5) is 0. The monoisotopic (exact) mass is 273 g/mol. The summed E-state index contributed by atoms with van der Waals surface area (Å²) in [5, 5.41) is 11.4. The van der Waals surface area contributed by atoms with Crippen molar-refractivity contribution in [3.63, 3.8) is 0 Å². The van der Waals surface area contributed by atoms with Crippen molar-refractivity contribution >= 4 is 0 Å². The van der Waals surface area contributed by atoms with Crippen LogP contribution in [0.2, 0.25) is 0 Å². The zero-order valence-electron chi connectivity index (χ0n) is 12.6. The second kappa shape index (κ2) is 5.16. The van der Waals surface area contributed by atoms with Gasteiger partial charge in [-0.2, -0.15) is 0 Å². The largest absolute Gasteiger partial charge is 0.389 e. The number of benzene rings is 1. The molecule has 0 aliphatic heterocycles. The third-order valence-corrected chi connectivity index (χ3v) is 6.10. The SMILES string of the molecule is CCC1CCC(CN)(C2(O)Cc3ccccc3C2)CC1. The first-order valence-electron chi connectivity index (χ1n) is 8.12. The lowest BCUT2D eigenvalue weighted by Gasteiger charge is -2.49. The van der Waals surface area contributed by atoms with Crippen molar-refractivity contribution < 1.29 is 5.11 Å². The summed E-state index contributed by atoms with van der Waals surface area (Å²) in [5.41, 5.74) is 8.11. The first-order chi connectivity index (χ1) is 9.62. The average Bonchev–Trinajstić information content (AvgIpc) is 2.85. The maximum absolute atomic E-state index is 11.4. The van der Waals surface area contributed by atoms with Gasteiger partial charge in [0.05, 0.1) is 5.60 Å². The second-order valence-electron chi connectivity index (χ2n) is 6.99. The maximum Gasteiger partial charge on any atom is 0.0796 e. The molecule has 20 heavy (non-hydrogen) atoms. The fourth-order valence-electron chi connectivity index (χ4n) is 4.47. The fraction of sp³-hybridized carbons (Fsp3) is 0.667. The van der Waals surface area contributed by atoms with E-state index in [-0.39, 0.29) is 5.41 Å². The molecule has 2 heteroatoms. The molecule has 1 aromatic rings. The summed E-state index contributed by atoms with van der Waals surface area (Å²) in [7, 11) is 0. The van der Waals surface area contributed by atoms with Crippen LogP contribution in [-0.2, 0) is 12.8 Å². The van der Waals surface area contributed by atoms with Crippen molar-refractivity contribution in [3.05, 3.63) is 35.4 Å². The lowest BCUT2D eigenvalue weighted by molar-refractivity contribution is -0.0977. The normalized spacial score (nSPS) is 32.0. The predicted octanol–water partition coefficient (Wildman–Crippen LogP) is 3.06. The minimum Gasteiger partial charge on any atom is -0.389 e. The van der Waals surface area contributed by atoms with Crippen LogP contribution in [0.1, 0.15) is 50.2 Å². The van der Waals surface area contributed by atoms with Crippen LogP contribution >= 0.6 is 0 Å². The molecule has 0 atom stereocenters. The molecule has 1 fully saturated rings. The summed E-state index contributed by atoms with van der Waals surface area (Å²) in [6, 6.07) is 8.48. The first kappa shape index (κ1) is 14.1. The Labute approximate surface area is 122 Å². The Kier molecular flexibility index (Phi) is 3.64. The van der Waals surface area contributed by atoms with E-state index in [2.05, 4.69) is 31.2 Å². The van der Waals surface area contributed by atoms with E-state index in [9.17, 15) is 5.11 Å². The molecule has 0 radical (unpaired) electrons. The van der Waals surface area contributed by atoms with E-state index in [0.717, 1.165) is 31.6 Å². The third kappa shape index (κ3) is 2.10. The molecule has 3 N–H and O–H groups in total. The van der Waals surface area contributed by atoms with Crippen molar-refractivity contribution in [3.8, 4) is 0 Å². The highest BCUT2D eigenvalue weighted by Crippen LogP contribution is 2.51. The van der Waals surface area contributed by atoms with Crippen LogP contribution in [0.25, 0.3) is 0 Å². The molecule has 1 aromatic carbocycles. The van der Waals surface area contributed by atoms with E-state index in [1.54, 1.807) is 0 Å². The van der Waals surface area contributed by atoms with Gasteiger partial charge in [-0.3, -0.25) is 0 Å². The van der Waals surface area contributed by atoms with Gasteiger partial charge < -0.3 is 10.8 Å². The number of hydrogen-bond donors (Lipinski definition) is 2. The molecule has 2 aliphatic rings. The Hall–Kier alpha value is -0.860. The van der Waals surface area contributed by atoms with E-state index >= 15 is 0 Å². The number of rotatable bonds is 3. The van der Waals surface area contributed by atoms with E-state index in [1.165, 1.54) is 30.4 Å². The molecule has 2 nitrogen and oxygen atoms in total. The third-order valence-electron chi connectivity index (χ3n) is 6.10. The molecule has 0 saturated heterocycles. The van der Waals surface area contributed by atoms with Gasteiger partial charge in [-0.25, -0.2) is 0 Å². The smallest absolute Gasteiger partial charge is 0.0796 e. The standard InChI is InChI=1S/C18H27NO/c1-2-14-7-9-17(13-19,10-8-14)18(20)11-15-5-3-4-6-16(15)12-18/h3-6,14,20H,2,7-13,19H2,1H3. The Balaban J connectivity index is 1.84. The van der Waals surface area contributed by atoms with Crippen LogP contribution in [0, 0.1) is 11.3 Å². The Bertz CT molecular complexity index is 449. The molecular weight excluding hydrogens is 246 g/mol. The van der Waals surface area contributed by atoms with Gasteiger partial charge in [-0.15, -0.1) is 0 Å². The Morgan fingerprint density at radius 2 is 1.70 bits per heavy atom. The molecule has 0 bridgehead atoms. The molecule has 0 unspecified atom stereocenters. The second-order valence-corrected chi connectivity index (χ2v) is 6.99. The summed E-state index contributed by atoms with van der Waals surface area (Å²) < 4.78 is 0. The van der Waals surface area contributed by atoms with Gasteiger partial charge in [0.1, 0.15) is 0 Å². The summed E-state index contributed by atoms with van der Waals surface area (Å²) in [5.74, 6) is 0.835. The predicted molar refractivity (Wildman–Crippen MR) is 82.5 cm³/mol. The van der Waals surface area contributed by atoms with E-state index in [1.807, 2.05) is 0 Å². The van der Waals surface area contributed by atoms with Crippen LogP contribution in [0.5, 0.6) is 0 Å². The zero-order valence-corrected chi connectivity index (χ0v) is 12.6. The van der Waals surface area contributed by atoms with Crippen LogP contribution < -0.4 is 5.73 Å². The summed E-state index contributed by atoms with van der Waals surface area (Å²) in [6.07, 6.45) is 7.48. The zero-order chi connectivity index (χ0) is 14.2. The van der Waals surface area contributed by atoms with Crippen LogP contribution in [0.3, 0.4) is 0 Å². The minimum absolute atomic E-state index is 0.0717. The lowest BCUT2D eigenvalue weighted by Crippen LogP contribution is -2.55. The van der Waals surface area contributed by atoms with E-state index < -0.39 is 5.60 Å². The van der Waals surface area contributed by atoms with Gasteiger partial charge in [0, 0.05) is 24.8 Å². The number of fused-ring (bicyclic) bond motifs is 1. The van der Waals surface area contributed by atoms with Gasteiger partial charge in [-0.1, -0.05) is 37.6 Å². The first-order valence-corrected chi connectivity index (χ1v) is 8.12. The molecule has 110 valence electrons. The molecule has 1 saturated carbocycles. The van der Waals surface area contributed by atoms with Crippen molar-refractivity contribution in [1.82, 2.24) is 0 Å². The molecule has 3 rings (SSSR count). The topological polar surface area (TPSA) is 46.2 Å². The number of nitrogens with two attached hydrogens (primary N) is 1. The lowest BCUT2D eigenvalue weighted by atomic mass is 9.60. The van der Waals surface area contributed by atoms with E-state index in [0.29, 0.717) is 6.54 Å². The van der Waals surface area contributed by atoms with Gasteiger partial charge in [0.2, 0.25) is 0 Å². The molecule has 2 aliphatic carbocycles. The highest BCUT2D eigenvalue weighted by Gasteiger charge is 2.53. The molecule has 0 amide bonds. The summed E-state index contributed by atoms with van der Waals surface area (Å²) >= 11 is 0. The summed E-state index contributed by atoms with van der Waals surface area (Å²) in [6.45, 7) is 2.90. The average molecular weight is 273 g/mol. The quantitative estimate of drug-likeness (QED) is 0.889. The molecule has 0 spiro atoms. The van der Waals surface area contributed by atoms with Gasteiger partial charge >= 0.3 is 0 Å². The maximum atomic E-state index is 11.4.